The molecule has 1 N–H and O–H groups in total. The first-order valence-corrected chi connectivity index (χ1v) is 7.70. The van der Waals surface area contributed by atoms with Crippen molar-refractivity contribution in [3.8, 4) is 0 Å². The Kier molecular flexibility index (Phi) is 4.66. The molecule has 0 aliphatic rings. The molecule has 0 aliphatic carbocycles. The Morgan fingerprint density at radius 3 is 2.55 bits per heavy atom. The Morgan fingerprint density at radius 1 is 1.30 bits per heavy atom. The lowest BCUT2D eigenvalue weighted by atomic mass is 10.1. The van der Waals surface area contributed by atoms with Gasteiger partial charge in [-0.15, -0.1) is 11.3 Å². The molecule has 7 heteroatoms. The number of hydrogen-bond acceptors (Lipinski definition) is 2. The zero-order valence-electron chi connectivity index (χ0n) is 10.3. The Bertz CT molecular complexity index is 612. The summed E-state index contributed by atoms with van der Waals surface area (Å²) in [4.78, 5) is 1.02. The second-order valence-electron chi connectivity index (χ2n) is 4.19. The molecule has 108 valence electrons. The summed E-state index contributed by atoms with van der Waals surface area (Å²) in [6.07, 6.45) is -4.46. The maximum atomic E-state index is 12.8. The van der Waals surface area contributed by atoms with Crippen molar-refractivity contribution < 1.29 is 13.2 Å². The topological polar surface area (TPSA) is 12.0 Å². The van der Waals surface area contributed by atoms with Gasteiger partial charge in [-0.2, -0.15) is 13.2 Å². The molecule has 1 atom stereocenters. The van der Waals surface area contributed by atoms with Gasteiger partial charge in [0, 0.05) is 15.0 Å². The lowest BCUT2D eigenvalue weighted by molar-refractivity contribution is -0.137. The van der Waals surface area contributed by atoms with Gasteiger partial charge < -0.3 is 5.32 Å². The number of hydrogen-bond donors (Lipinski definition) is 1. The van der Waals surface area contributed by atoms with Crippen molar-refractivity contribution in [2.75, 3.05) is 5.32 Å². The summed E-state index contributed by atoms with van der Waals surface area (Å²) < 4.78 is 39.3. The fourth-order valence-electron chi connectivity index (χ4n) is 1.76. The Morgan fingerprint density at radius 2 is 2.00 bits per heavy atom. The second kappa shape index (κ2) is 5.95. The number of halogens is 5. The molecular weight excluding hydrogens is 375 g/mol. The maximum Gasteiger partial charge on any atom is 0.417 e. The highest BCUT2D eigenvalue weighted by molar-refractivity contribution is 9.10. The van der Waals surface area contributed by atoms with E-state index in [-0.39, 0.29) is 11.1 Å². The number of alkyl halides is 3. The molecule has 0 amide bonds. The fourth-order valence-corrected chi connectivity index (χ4v) is 3.71. The van der Waals surface area contributed by atoms with Crippen molar-refractivity contribution in [3.63, 3.8) is 0 Å². The molecule has 0 spiro atoms. The third kappa shape index (κ3) is 3.48. The highest BCUT2D eigenvalue weighted by Gasteiger charge is 2.33. The molecule has 0 bridgehead atoms. The SMILES string of the molecule is CC(Nc1ccc(Cl)c(C(F)(F)F)c1)c1sccc1Br. The van der Waals surface area contributed by atoms with Crippen molar-refractivity contribution in [1.82, 2.24) is 0 Å². The summed E-state index contributed by atoms with van der Waals surface area (Å²) in [6, 6.07) is 5.62. The number of thiophene rings is 1. The first-order chi connectivity index (χ1) is 9.29. The molecule has 0 saturated heterocycles. The second-order valence-corrected chi connectivity index (χ2v) is 6.40. The van der Waals surface area contributed by atoms with E-state index in [1.807, 2.05) is 18.4 Å². The average Bonchev–Trinajstić information content (AvgIpc) is 2.76. The van der Waals surface area contributed by atoms with Crippen LogP contribution in [-0.2, 0) is 6.18 Å². The number of nitrogens with one attached hydrogen (secondary N) is 1. The quantitative estimate of drug-likeness (QED) is 0.649. The highest BCUT2D eigenvalue weighted by atomic mass is 79.9. The zero-order valence-corrected chi connectivity index (χ0v) is 13.4. The van der Waals surface area contributed by atoms with Gasteiger partial charge in [0.2, 0.25) is 0 Å². The van der Waals surface area contributed by atoms with E-state index < -0.39 is 11.7 Å². The van der Waals surface area contributed by atoms with Gasteiger partial charge in [-0.25, -0.2) is 0 Å². The van der Waals surface area contributed by atoms with Crippen LogP contribution in [0.1, 0.15) is 23.4 Å². The minimum atomic E-state index is -4.46. The lowest BCUT2D eigenvalue weighted by Gasteiger charge is -2.17. The number of rotatable bonds is 3. The molecule has 1 unspecified atom stereocenters. The average molecular weight is 385 g/mol. The van der Waals surface area contributed by atoms with Crippen molar-refractivity contribution in [2.45, 2.75) is 19.1 Å². The van der Waals surface area contributed by atoms with Crippen LogP contribution in [0.3, 0.4) is 0 Å². The van der Waals surface area contributed by atoms with Crippen LogP contribution in [-0.4, -0.2) is 0 Å². The minimum absolute atomic E-state index is 0.105. The predicted molar refractivity (Wildman–Crippen MR) is 80.5 cm³/mol. The van der Waals surface area contributed by atoms with Crippen LogP contribution in [0.25, 0.3) is 0 Å². The van der Waals surface area contributed by atoms with Gasteiger partial charge in [-0.05, 0) is 52.5 Å². The fraction of sp³-hybridized carbons (Fsp3) is 0.231. The van der Waals surface area contributed by atoms with E-state index in [1.165, 1.54) is 23.5 Å². The molecule has 20 heavy (non-hydrogen) atoms. The largest absolute Gasteiger partial charge is 0.417 e. The summed E-state index contributed by atoms with van der Waals surface area (Å²) in [5, 5.41) is 4.67. The van der Waals surface area contributed by atoms with Crippen molar-refractivity contribution >= 4 is 44.6 Å². The first-order valence-electron chi connectivity index (χ1n) is 5.65. The molecule has 0 aliphatic heterocycles. The maximum absolute atomic E-state index is 12.8. The Labute approximate surface area is 131 Å². The molecule has 1 aromatic carbocycles. The van der Waals surface area contributed by atoms with Crippen molar-refractivity contribution in [2.24, 2.45) is 0 Å². The molecule has 1 nitrogen and oxygen atoms in total. The van der Waals surface area contributed by atoms with E-state index in [1.54, 1.807) is 0 Å². The van der Waals surface area contributed by atoms with Crippen LogP contribution < -0.4 is 5.32 Å². The monoisotopic (exact) mass is 383 g/mol. The standard InChI is InChI=1S/C13H10BrClF3NS/c1-7(12-10(14)4-5-20-12)19-8-2-3-11(15)9(6-8)13(16,17)18/h2-7,19H,1H3. The van der Waals surface area contributed by atoms with Crippen LogP contribution in [0.15, 0.2) is 34.1 Å². The molecular formula is C13H10BrClF3NS. The van der Waals surface area contributed by atoms with Gasteiger partial charge in [-0.3, -0.25) is 0 Å². The minimum Gasteiger partial charge on any atom is -0.378 e. The Hall–Kier alpha value is -0.720. The van der Waals surface area contributed by atoms with E-state index in [4.69, 9.17) is 11.6 Å². The molecule has 2 rings (SSSR count). The molecule has 0 radical (unpaired) electrons. The van der Waals surface area contributed by atoms with E-state index in [0.29, 0.717) is 5.69 Å². The zero-order chi connectivity index (χ0) is 14.9. The van der Waals surface area contributed by atoms with Crippen molar-refractivity contribution in [1.29, 1.82) is 0 Å². The van der Waals surface area contributed by atoms with Gasteiger partial charge in [0.25, 0.3) is 0 Å². The summed E-state index contributed by atoms with van der Waals surface area (Å²) >= 11 is 10.5. The number of benzene rings is 1. The molecule has 0 saturated carbocycles. The van der Waals surface area contributed by atoms with Gasteiger partial charge in [0.05, 0.1) is 16.6 Å². The molecule has 2 aromatic rings. The predicted octanol–water partition coefficient (Wildman–Crippen LogP) is 6.36. The smallest absolute Gasteiger partial charge is 0.378 e. The first kappa shape index (κ1) is 15.7. The Balaban J connectivity index is 2.25. The van der Waals surface area contributed by atoms with Gasteiger partial charge in [0.15, 0.2) is 0 Å². The molecule has 1 aromatic heterocycles. The van der Waals surface area contributed by atoms with Gasteiger partial charge >= 0.3 is 6.18 Å². The van der Waals surface area contributed by atoms with Gasteiger partial charge in [0.1, 0.15) is 0 Å². The third-order valence-corrected chi connectivity index (χ3v) is 5.08. The van der Waals surface area contributed by atoms with Gasteiger partial charge in [-0.1, -0.05) is 11.6 Å². The summed E-state index contributed by atoms with van der Waals surface area (Å²) in [6.45, 7) is 1.89. The number of anilines is 1. The molecule has 0 fully saturated rings. The highest BCUT2D eigenvalue weighted by Crippen LogP contribution is 2.37. The summed E-state index contributed by atoms with van der Waals surface area (Å²) in [5.74, 6) is 0. The lowest BCUT2D eigenvalue weighted by Crippen LogP contribution is -2.09. The summed E-state index contributed by atoms with van der Waals surface area (Å²) in [5.41, 5.74) is -0.448. The normalized spacial score (nSPS) is 13.3. The van der Waals surface area contributed by atoms with Crippen LogP contribution >= 0.6 is 38.9 Å². The van der Waals surface area contributed by atoms with E-state index in [2.05, 4.69) is 21.2 Å². The third-order valence-electron chi connectivity index (χ3n) is 2.69. The van der Waals surface area contributed by atoms with Crippen LogP contribution in [0.2, 0.25) is 5.02 Å². The van der Waals surface area contributed by atoms with Crippen LogP contribution in [0.4, 0.5) is 18.9 Å². The summed E-state index contributed by atoms with van der Waals surface area (Å²) in [7, 11) is 0. The van der Waals surface area contributed by atoms with E-state index in [0.717, 1.165) is 15.4 Å². The van der Waals surface area contributed by atoms with E-state index >= 15 is 0 Å². The molecule has 1 heterocycles. The van der Waals surface area contributed by atoms with E-state index in [9.17, 15) is 13.2 Å². The van der Waals surface area contributed by atoms with Crippen LogP contribution in [0.5, 0.6) is 0 Å². The van der Waals surface area contributed by atoms with Crippen molar-refractivity contribution in [3.05, 3.63) is 49.6 Å². The van der Waals surface area contributed by atoms with Crippen LogP contribution in [0, 0.1) is 0 Å².